The van der Waals surface area contributed by atoms with Crippen LogP contribution in [0.5, 0.6) is 0 Å². The summed E-state index contributed by atoms with van der Waals surface area (Å²) in [7, 11) is 0. The highest BCUT2D eigenvalue weighted by Gasteiger charge is 2.20. The van der Waals surface area contributed by atoms with Gasteiger partial charge in [0.15, 0.2) is 0 Å². The molecule has 1 aliphatic carbocycles. The minimum atomic E-state index is 0.915. The summed E-state index contributed by atoms with van der Waals surface area (Å²) in [6.45, 7) is 2.14. The van der Waals surface area contributed by atoms with Crippen molar-refractivity contribution in [2.24, 2.45) is 0 Å². The predicted octanol–water partition coefficient (Wildman–Crippen LogP) is 13.6. The molecule has 2 nitrogen and oxygen atoms in total. The van der Waals surface area contributed by atoms with Gasteiger partial charge in [-0.25, -0.2) is 0 Å². The van der Waals surface area contributed by atoms with Gasteiger partial charge in [0.1, 0.15) is 11.2 Å². The highest BCUT2D eigenvalue weighted by molar-refractivity contribution is 6.12. The zero-order chi connectivity index (χ0) is 34.3. The average molecular weight is 664 g/mol. The molecule has 0 saturated heterocycles. The lowest BCUT2D eigenvalue weighted by Gasteiger charge is -2.12. The minimum absolute atomic E-state index is 0.915. The van der Waals surface area contributed by atoms with Crippen molar-refractivity contribution in [3.05, 3.63) is 187 Å². The first-order valence-corrected chi connectivity index (χ1v) is 18.0. The topological polar surface area (TPSA) is 18.1 Å². The van der Waals surface area contributed by atoms with Crippen molar-refractivity contribution in [1.29, 1.82) is 0 Å². The second-order valence-corrected chi connectivity index (χ2v) is 14.2. The first-order chi connectivity index (χ1) is 25.6. The molecule has 0 unspecified atom stereocenters. The summed E-state index contributed by atoms with van der Waals surface area (Å²) in [5.41, 5.74) is 19.4. The number of hydrogen-bond acceptors (Lipinski definition) is 1. The lowest BCUT2D eigenvalue weighted by molar-refractivity contribution is 0.669. The summed E-state index contributed by atoms with van der Waals surface area (Å²) >= 11 is 0. The zero-order valence-electron chi connectivity index (χ0n) is 28.7. The van der Waals surface area contributed by atoms with Gasteiger partial charge < -0.3 is 8.98 Å². The summed E-state index contributed by atoms with van der Waals surface area (Å²) in [6, 6.07) is 62.4. The van der Waals surface area contributed by atoms with Crippen molar-refractivity contribution in [1.82, 2.24) is 4.57 Å². The summed E-state index contributed by atoms with van der Waals surface area (Å²) in [5.74, 6) is 0. The molecule has 244 valence electrons. The fraction of sp³-hybridized carbons (Fsp3) is 0.0400. The molecular weight excluding hydrogens is 631 g/mol. The number of furan rings is 1. The first-order valence-electron chi connectivity index (χ1n) is 18.0. The Kier molecular flexibility index (Phi) is 6.26. The van der Waals surface area contributed by atoms with E-state index >= 15 is 0 Å². The minimum Gasteiger partial charge on any atom is -0.456 e. The molecule has 10 aromatic rings. The van der Waals surface area contributed by atoms with Crippen molar-refractivity contribution in [2.45, 2.75) is 13.3 Å². The van der Waals surface area contributed by atoms with E-state index in [4.69, 9.17) is 4.42 Å². The number of nitrogens with zero attached hydrogens (tertiary/aromatic N) is 1. The van der Waals surface area contributed by atoms with Gasteiger partial charge in [-0.1, -0.05) is 115 Å². The second kappa shape index (κ2) is 11.2. The second-order valence-electron chi connectivity index (χ2n) is 14.2. The Bertz CT molecular complexity index is 3050. The van der Waals surface area contributed by atoms with Gasteiger partial charge in [0.25, 0.3) is 0 Å². The number of hydrogen-bond donors (Lipinski definition) is 0. The maximum atomic E-state index is 6.16. The van der Waals surface area contributed by atoms with Crippen LogP contribution < -0.4 is 0 Å². The number of aryl methyl sites for hydroxylation is 1. The van der Waals surface area contributed by atoms with Gasteiger partial charge in [-0.05, 0) is 130 Å². The lowest BCUT2D eigenvalue weighted by Crippen LogP contribution is -1.94. The van der Waals surface area contributed by atoms with Crippen LogP contribution in [-0.4, -0.2) is 4.57 Å². The Morgan fingerprint density at radius 1 is 0.404 bits per heavy atom. The summed E-state index contributed by atoms with van der Waals surface area (Å²) in [5, 5.41) is 4.76. The Balaban J connectivity index is 1.09. The highest BCUT2D eigenvalue weighted by atomic mass is 16.3. The van der Waals surface area contributed by atoms with Crippen molar-refractivity contribution in [3.63, 3.8) is 0 Å². The lowest BCUT2D eigenvalue weighted by atomic mass is 9.98. The van der Waals surface area contributed by atoms with Gasteiger partial charge in [0, 0.05) is 27.2 Å². The molecule has 0 radical (unpaired) electrons. The van der Waals surface area contributed by atoms with E-state index in [2.05, 4.69) is 169 Å². The molecular formula is C50H33NO. The average Bonchev–Trinajstić information content (AvgIpc) is 3.86. The molecule has 0 amide bonds. The molecule has 2 heterocycles. The number of benzene rings is 8. The number of aromatic nitrogens is 1. The molecule has 0 fully saturated rings. The van der Waals surface area contributed by atoms with Gasteiger partial charge in [0.05, 0.1) is 11.0 Å². The van der Waals surface area contributed by atoms with Crippen LogP contribution in [0.25, 0.3) is 93.9 Å². The number of para-hydroxylation sites is 1. The first kappa shape index (κ1) is 29.1. The Morgan fingerprint density at radius 3 is 1.83 bits per heavy atom. The summed E-state index contributed by atoms with van der Waals surface area (Å²) in [6.07, 6.45) is 1.01. The third-order valence-electron chi connectivity index (χ3n) is 11.1. The van der Waals surface area contributed by atoms with Crippen molar-refractivity contribution >= 4 is 43.7 Å². The smallest absolute Gasteiger partial charge is 0.135 e. The van der Waals surface area contributed by atoms with E-state index in [9.17, 15) is 0 Å². The summed E-state index contributed by atoms with van der Waals surface area (Å²) < 4.78 is 8.60. The third-order valence-corrected chi connectivity index (χ3v) is 11.1. The van der Waals surface area contributed by atoms with Gasteiger partial charge in [-0.3, -0.25) is 0 Å². The van der Waals surface area contributed by atoms with Crippen LogP contribution in [0.2, 0.25) is 0 Å². The van der Waals surface area contributed by atoms with Crippen LogP contribution >= 0.6 is 0 Å². The van der Waals surface area contributed by atoms with Crippen molar-refractivity contribution < 1.29 is 4.42 Å². The van der Waals surface area contributed by atoms with Crippen LogP contribution in [0, 0.1) is 6.92 Å². The maximum Gasteiger partial charge on any atom is 0.135 e. The monoisotopic (exact) mass is 663 g/mol. The molecule has 0 saturated carbocycles. The molecule has 0 spiro atoms. The normalized spacial score (nSPS) is 12.2. The third kappa shape index (κ3) is 4.51. The van der Waals surface area contributed by atoms with Crippen LogP contribution in [0.1, 0.15) is 16.7 Å². The molecule has 2 aromatic heterocycles. The predicted molar refractivity (Wildman–Crippen MR) is 217 cm³/mol. The van der Waals surface area contributed by atoms with Crippen LogP contribution in [0.4, 0.5) is 0 Å². The van der Waals surface area contributed by atoms with Crippen molar-refractivity contribution in [2.75, 3.05) is 0 Å². The van der Waals surface area contributed by atoms with E-state index in [0.29, 0.717) is 0 Å². The van der Waals surface area contributed by atoms with Crippen LogP contribution in [-0.2, 0) is 6.42 Å². The Hall–Kier alpha value is -6.64. The Morgan fingerprint density at radius 2 is 1.00 bits per heavy atom. The van der Waals surface area contributed by atoms with Gasteiger partial charge in [0.2, 0.25) is 0 Å². The standard InChI is InChI=1S/C50H33NO/c1-31-13-15-32(16-14-31)34-19-22-47-44(28-34)45-29-36(37-21-24-50-46(30-37)42-11-4-5-12-49(42)52-50)20-23-48(45)51(47)40-9-6-8-33(26-40)35-17-18-39-25-38-7-2-3-10-41(38)43(39)27-35/h2-24,26-30H,25H2,1H3. The molecule has 0 atom stereocenters. The fourth-order valence-electron chi connectivity index (χ4n) is 8.44. The van der Waals surface area contributed by atoms with E-state index in [1.54, 1.807) is 0 Å². The summed E-state index contributed by atoms with van der Waals surface area (Å²) in [4.78, 5) is 0. The van der Waals surface area contributed by atoms with Gasteiger partial charge >= 0.3 is 0 Å². The largest absolute Gasteiger partial charge is 0.456 e. The van der Waals surface area contributed by atoms with Gasteiger partial charge in [-0.15, -0.1) is 0 Å². The Labute approximate surface area is 301 Å². The molecule has 1 aliphatic rings. The van der Waals surface area contributed by atoms with E-state index < -0.39 is 0 Å². The van der Waals surface area contributed by atoms with Crippen LogP contribution in [0.3, 0.4) is 0 Å². The molecule has 8 aromatic carbocycles. The van der Waals surface area contributed by atoms with E-state index in [-0.39, 0.29) is 0 Å². The molecule has 0 aliphatic heterocycles. The molecule has 0 N–H and O–H groups in total. The van der Waals surface area contributed by atoms with E-state index in [1.807, 2.05) is 12.1 Å². The van der Waals surface area contributed by atoms with E-state index in [1.165, 1.54) is 83.0 Å². The number of fused-ring (bicyclic) bond motifs is 9. The SMILES string of the molecule is Cc1ccc(-c2ccc3c(c2)c2cc(-c4ccc5oc6ccccc6c5c4)ccc2n3-c2cccc(-c3ccc4c(c3)-c3ccccc3C4)c2)cc1. The van der Waals surface area contributed by atoms with Crippen LogP contribution in [0.15, 0.2) is 174 Å². The zero-order valence-corrected chi connectivity index (χ0v) is 28.7. The fourth-order valence-corrected chi connectivity index (χ4v) is 8.44. The van der Waals surface area contributed by atoms with Gasteiger partial charge in [-0.2, -0.15) is 0 Å². The van der Waals surface area contributed by atoms with E-state index in [0.717, 1.165) is 34.0 Å². The number of rotatable bonds is 4. The molecule has 11 rings (SSSR count). The van der Waals surface area contributed by atoms with Crippen molar-refractivity contribution in [3.8, 4) is 50.2 Å². The molecule has 52 heavy (non-hydrogen) atoms. The maximum absolute atomic E-state index is 6.16. The molecule has 0 bridgehead atoms. The highest BCUT2D eigenvalue weighted by Crippen LogP contribution is 2.41. The quantitative estimate of drug-likeness (QED) is 0.183. The molecule has 2 heteroatoms.